The van der Waals surface area contributed by atoms with Gasteiger partial charge in [-0.1, -0.05) is 17.3 Å². The first-order chi connectivity index (χ1) is 9.58. The second kappa shape index (κ2) is 6.31. The zero-order valence-electron chi connectivity index (χ0n) is 11.6. The van der Waals surface area contributed by atoms with Gasteiger partial charge in [-0.25, -0.2) is 16.8 Å². The first kappa shape index (κ1) is 17.2. The van der Waals surface area contributed by atoms with Crippen molar-refractivity contribution in [3.63, 3.8) is 0 Å². The molecule has 0 unspecified atom stereocenters. The number of amidine groups is 1. The molecular weight excluding hydrogens is 318 g/mol. The van der Waals surface area contributed by atoms with E-state index in [0.29, 0.717) is 0 Å². The number of sulfonamides is 1. The van der Waals surface area contributed by atoms with E-state index in [4.69, 9.17) is 10.9 Å². The number of hydrogen-bond donors (Lipinski definition) is 2. The molecule has 0 aliphatic heterocycles. The Morgan fingerprint density at radius 1 is 1.24 bits per heavy atom. The topological polar surface area (TPSA) is 130 Å². The number of sulfone groups is 1. The van der Waals surface area contributed by atoms with E-state index < -0.39 is 31.4 Å². The fraction of sp³-hybridized carbons (Fsp3) is 0.364. The van der Waals surface area contributed by atoms with Gasteiger partial charge in [0, 0.05) is 18.9 Å². The molecule has 8 nitrogen and oxygen atoms in total. The number of para-hydroxylation sites is 1. The van der Waals surface area contributed by atoms with E-state index >= 15 is 0 Å². The Morgan fingerprint density at radius 2 is 1.81 bits per heavy atom. The minimum atomic E-state index is -3.85. The number of anilines is 1. The Balaban J connectivity index is 3.17. The summed E-state index contributed by atoms with van der Waals surface area (Å²) in [5.41, 5.74) is 5.92. The summed E-state index contributed by atoms with van der Waals surface area (Å²) in [5.74, 6) is -1.27. The van der Waals surface area contributed by atoms with Crippen LogP contribution in [0.5, 0.6) is 0 Å². The summed E-state index contributed by atoms with van der Waals surface area (Å²) in [6, 6.07) is 6.16. The molecule has 10 heteroatoms. The fourth-order valence-electron chi connectivity index (χ4n) is 1.56. The highest BCUT2D eigenvalue weighted by atomic mass is 32.2. The van der Waals surface area contributed by atoms with Crippen LogP contribution in [0.4, 0.5) is 5.69 Å². The van der Waals surface area contributed by atoms with E-state index in [1.807, 2.05) is 0 Å². The molecule has 1 aromatic rings. The molecule has 3 N–H and O–H groups in total. The summed E-state index contributed by atoms with van der Waals surface area (Å²) >= 11 is 0. The molecule has 0 fully saturated rings. The van der Waals surface area contributed by atoms with Crippen LogP contribution < -0.4 is 10.0 Å². The number of nitrogens with two attached hydrogens (primary N) is 1. The van der Waals surface area contributed by atoms with E-state index in [-0.39, 0.29) is 17.1 Å². The summed E-state index contributed by atoms with van der Waals surface area (Å²) < 4.78 is 47.4. The zero-order valence-corrected chi connectivity index (χ0v) is 13.2. The molecule has 1 aromatic carbocycles. The van der Waals surface area contributed by atoms with Crippen LogP contribution in [0.25, 0.3) is 0 Å². The van der Waals surface area contributed by atoms with Crippen molar-refractivity contribution >= 4 is 31.4 Å². The molecule has 0 saturated carbocycles. The lowest BCUT2D eigenvalue weighted by Gasteiger charge is -2.21. The van der Waals surface area contributed by atoms with Gasteiger partial charge in [-0.2, -0.15) is 0 Å². The molecular formula is C11H17N3O5S2. The van der Waals surface area contributed by atoms with Crippen LogP contribution >= 0.6 is 0 Å². The highest BCUT2D eigenvalue weighted by Gasteiger charge is 2.23. The van der Waals surface area contributed by atoms with Crippen LogP contribution in [0.15, 0.2) is 29.4 Å². The van der Waals surface area contributed by atoms with Crippen molar-refractivity contribution in [3.05, 3.63) is 29.8 Å². The monoisotopic (exact) mass is 335 g/mol. The maximum atomic E-state index is 12.2. The Morgan fingerprint density at radius 3 is 2.33 bits per heavy atom. The van der Waals surface area contributed by atoms with Gasteiger partial charge >= 0.3 is 0 Å². The summed E-state index contributed by atoms with van der Waals surface area (Å²) in [6.45, 7) is 0. The predicted octanol–water partition coefficient (Wildman–Crippen LogP) is -0.408. The number of nitrogens with zero attached hydrogens (tertiary/aromatic N) is 2. The summed E-state index contributed by atoms with van der Waals surface area (Å²) in [4.78, 5) is 0. The first-order valence-electron chi connectivity index (χ1n) is 5.80. The summed E-state index contributed by atoms with van der Waals surface area (Å²) in [6.07, 6.45) is 0.965. The molecule has 0 aliphatic carbocycles. The third-order valence-corrected chi connectivity index (χ3v) is 5.71. The minimum absolute atomic E-state index is 0.196. The van der Waals surface area contributed by atoms with Gasteiger partial charge in [-0.15, -0.1) is 0 Å². The molecule has 0 spiro atoms. The van der Waals surface area contributed by atoms with E-state index in [1.54, 1.807) is 12.1 Å². The van der Waals surface area contributed by atoms with Crippen molar-refractivity contribution in [2.24, 2.45) is 10.9 Å². The van der Waals surface area contributed by atoms with Crippen molar-refractivity contribution in [3.8, 4) is 0 Å². The van der Waals surface area contributed by atoms with Crippen LogP contribution in [0.2, 0.25) is 0 Å². The van der Waals surface area contributed by atoms with Gasteiger partial charge in [-0.3, -0.25) is 4.31 Å². The molecule has 0 saturated heterocycles. The molecule has 0 aliphatic rings. The van der Waals surface area contributed by atoms with Gasteiger partial charge < -0.3 is 10.9 Å². The van der Waals surface area contributed by atoms with Crippen LogP contribution in [0, 0.1) is 0 Å². The van der Waals surface area contributed by atoms with Crippen LogP contribution in [0.1, 0.15) is 5.56 Å². The van der Waals surface area contributed by atoms with Gasteiger partial charge in [0.2, 0.25) is 10.0 Å². The van der Waals surface area contributed by atoms with Gasteiger partial charge in [0.05, 0.1) is 17.2 Å². The van der Waals surface area contributed by atoms with Crippen molar-refractivity contribution in [1.82, 2.24) is 0 Å². The van der Waals surface area contributed by atoms with Crippen LogP contribution in [-0.2, 0) is 19.9 Å². The van der Waals surface area contributed by atoms with Gasteiger partial charge in [0.15, 0.2) is 5.84 Å². The maximum Gasteiger partial charge on any atom is 0.235 e. The van der Waals surface area contributed by atoms with Crippen molar-refractivity contribution in [1.29, 1.82) is 0 Å². The first-order valence-corrected chi connectivity index (χ1v) is 9.46. The second-order valence-corrected chi connectivity index (χ2v) is 8.80. The van der Waals surface area contributed by atoms with Gasteiger partial charge in [0.1, 0.15) is 9.84 Å². The Bertz CT molecular complexity index is 741. The van der Waals surface area contributed by atoms with Gasteiger partial charge in [0.25, 0.3) is 0 Å². The zero-order chi connectivity index (χ0) is 16.3. The van der Waals surface area contributed by atoms with E-state index in [1.165, 1.54) is 19.2 Å². The van der Waals surface area contributed by atoms with Crippen molar-refractivity contribution in [2.75, 3.05) is 29.1 Å². The standard InChI is InChI=1S/C11H17N3O5S2/c1-14(21(18,19)8-7-20(2,16)17)10-6-4-3-5-9(10)11(12)13-15/h3-6,15H,7-8H2,1-2H3,(H2,12,13). The number of oxime groups is 1. The fourth-order valence-corrected chi connectivity index (χ4v) is 4.35. The second-order valence-electron chi connectivity index (χ2n) is 4.42. The average Bonchev–Trinajstić information content (AvgIpc) is 2.43. The minimum Gasteiger partial charge on any atom is -0.409 e. The number of benzene rings is 1. The predicted molar refractivity (Wildman–Crippen MR) is 80.9 cm³/mol. The quantitative estimate of drug-likeness (QED) is 0.314. The Kier molecular flexibility index (Phi) is 5.18. The summed E-state index contributed by atoms with van der Waals surface area (Å²) in [7, 11) is -5.97. The molecule has 0 atom stereocenters. The lowest BCUT2D eigenvalue weighted by molar-refractivity contribution is 0.318. The molecule has 0 aromatic heterocycles. The molecule has 1 rings (SSSR count). The smallest absolute Gasteiger partial charge is 0.235 e. The third-order valence-electron chi connectivity index (χ3n) is 2.76. The number of rotatable bonds is 6. The Hall–Kier alpha value is -1.81. The maximum absolute atomic E-state index is 12.2. The largest absolute Gasteiger partial charge is 0.409 e. The molecule has 0 bridgehead atoms. The molecule has 118 valence electrons. The van der Waals surface area contributed by atoms with E-state index in [9.17, 15) is 16.8 Å². The van der Waals surface area contributed by atoms with Crippen molar-refractivity contribution in [2.45, 2.75) is 0 Å². The molecule has 0 amide bonds. The van der Waals surface area contributed by atoms with E-state index in [2.05, 4.69) is 5.16 Å². The van der Waals surface area contributed by atoms with Crippen LogP contribution in [-0.4, -0.2) is 52.7 Å². The lowest BCUT2D eigenvalue weighted by atomic mass is 10.1. The van der Waals surface area contributed by atoms with Gasteiger partial charge in [-0.05, 0) is 12.1 Å². The lowest BCUT2D eigenvalue weighted by Crippen LogP contribution is -2.33. The number of hydrogen-bond acceptors (Lipinski definition) is 6. The van der Waals surface area contributed by atoms with Crippen molar-refractivity contribution < 1.29 is 22.0 Å². The van der Waals surface area contributed by atoms with E-state index in [0.717, 1.165) is 10.6 Å². The Labute approximate surface area is 123 Å². The third kappa shape index (κ3) is 4.60. The molecule has 21 heavy (non-hydrogen) atoms. The molecule has 0 heterocycles. The SMILES string of the molecule is CN(c1ccccc1/C(N)=N/O)S(=O)(=O)CCS(C)(=O)=O. The molecule has 0 radical (unpaired) electrons. The highest BCUT2D eigenvalue weighted by molar-refractivity contribution is 7.95. The van der Waals surface area contributed by atoms with Crippen LogP contribution in [0.3, 0.4) is 0 Å². The average molecular weight is 335 g/mol. The summed E-state index contributed by atoms with van der Waals surface area (Å²) in [5, 5.41) is 11.6. The highest BCUT2D eigenvalue weighted by Crippen LogP contribution is 2.22. The normalized spacial score (nSPS) is 13.1.